The molecule has 0 bridgehead atoms. The second kappa shape index (κ2) is 7.88. The Balaban J connectivity index is 2.01. The number of aryl methyl sites for hydroxylation is 2. The fourth-order valence-electron chi connectivity index (χ4n) is 3.36. The van der Waals surface area contributed by atoms with Crippen molar-refractivity contribution in [1.29, 1.82) is 0 Å². The summed E-state index contributed by atoms with van der Waals surface area (Å²) in [5, 5.41) is 3.62. The molecule has 3 heterocycles. The van der Waals surface area contributed by atoms with Crippen molar-refractivity contribution >= 4 is 27.5 Å². The predicted molar refractivity (Wildman–Crippen MR) is 106 cm³/mol. The summed E-state index contributed by atoms with van der Waals surface area (Å²) in [6.45, 7) is 10.7. The fourth-order valence-corrected chi connectivity index (χ4v) is 4.40. The first-order valence-corrected chi connectivity index (χ1v) is 10.2. The molecule has 6 nitrogen and oxygen atoms in total. The Morgan fingerprint density at radius 2 is 2.00 bits per heavy atom. The lowest BCUT2D eigenvalue weighted by Crippen LogP contribution is -2.39. The molecule has 0 aliphatic carbocycles. The number of carbonyl (C=O) groups excluding carboxylic acids is 1. The van der Waals surface area contributed by atoms with E-state index < -0.39 is 0 Å². The number of aromatic nitrogens is 2. The minimum Gasteiger partial charge on any atom is -0.352 e. The maximum Gasteiger partial charge on any atom is 0.263 e. The van der Waals surface area contributed by atoms with E-state index in [1.807, 2.05) is 27.7 Å². The lowest BCUT2D eigenvalue weighted by molar-refractivity contribution is -0.122. The number of nitrogens with one attached hydrogen (secondary N) is 1. The molecule has 1 saturated heterocycles. The normalized spacial score (nSPS) is 16.3. The quantitative estimate of drug-likeness (QED) is 0.841. The lowest BCUT2D eigenvalue weighted by atomic mass is 10.2. The van der Waals surface area contributed by atoms with Gasteiger partial charge in [-0.2, -0.15) is 0 Å². The summed E-state index contributed by atoms with van der Waals surface area (Å²) < 4.78 is 1.58. The number of nitrogens with zero attached hydrogens (tertiary/aromatic N) is 3. The van der Waals surface area contributed by atoms with Crippen LogP contribution in [-0.2, 0) is 17.9 Å². The molecule has 1 amide bonds. The van der Waals surface area contributed by atoms with Gasteiger partial charge >= 0.3 is 0 Å². The largest absolute Gasteiger partial charge is 0.352 e. The van der Waals surface area contributed by atoms with Crippen LogP contribution in [0, 0.1) is 13.8 Å². The van der Waals surface area contributed by atoms with Gasteiger partial charge in [-0.15, -0.1) is 11.3 Å². The van der Waals surface area contributed by atoms with Gasteiger partial charge in [-0.3, -0.25) is 19.1 Å². The average Bonchev–Trinajstić information content (AvgIpc) is 3.19. The minimum atomic E-state index is -0.130. The standard InChI is InChI=1S/C19H28N4O2S/c1-5-12(2)20-16(24)11-23-15(10-22-8-6-7-9-22)21-18-17(19(23)25)13(3)14(4)26-18/h12H,5-11H2,1-4H3,(H,20,24). The molecule has 0 radical (unpaired) electrons. The second-order valence-corrected chi connectivity index (χ2v) is 8.45. The molecule has 1 unspecified atom stereocenters. The summed E-state index contributed by atoms with van der Waals surface area (Å²) in [6, 6.07) is 0.0991. The van der Waals surface area contributed by atoms with Gasteiger partial charge in [0.25, 0.3) is 5.56 Å². The molecule has 0 aromatic carbocycles. The number of fused-ring (bicyclic) bond motifs is 1. The Morgan fingerprint density at radius 1 is 1.31 bits per heavy atom. The molecule has 2 aromatic heterocycles. The van der Waals surface area contributed by atoms with Crippen LogP contribution in [0.25, 0.3) is 10.2 Å². The monoisotopic (exact) mass is 376 g/mol. The Morgan fingerprint density at radius 3 is 2.65 bits per heavy atom. The molecule has 0 spiro atoms. The van der Waals surface area contributed by atoms with Crippen LogP contribution < -0.4 is 10.9 Å². The van der Waals surface area contributed by atoms with Gasteiger partial charge in [0.1, 0.15) is 17.2 Å². The third-order valence-corrected chi connectivity index (χ3v) is 6.35. The predicted octanol–water partition coefficient (Wildman–Crippen LogP) is 2.59. The van der Waals surface area contributed by atoms with Crippen LogP contribution in [0.4, 0.5) is 0 Å². The fraction of sp³-hybridized carbons (Fsp3) is 0.632. The maximum atomic E-state index is 13.2. The summed E-state index contributed by atoms with van der Waals surface area (Å²) in [6.07, 6.45) is 3.22. The van der Waals surface area contributed by atoms with Crippen molar-refractivity contribution in [3.63, 3.8) is 0 Å². The minimum absolute atomic E-state index is 0.0314. The summed E-state index contributed by atoms with van der Waals surface area (Å²) >= 11 is 1.56. The molecule has 1 aliphatic rings. The first-order chi connectivity index (χ1) is 12.4. The molecule has 1 atom stereocenters. The average molecular weight is 377 g/mol. The van der Waals surface area contributed by atoms with E-state index in [1.165, 1.54) is 12.8 Å². The molecule has 0 saturated carbocycles. The molecule has 142 valence electrons. The highest BCUT2D eigenvalue weighted by Gasteiger charge is 2.21. The van der Waals surface area contributed by atoms with Crippen molar-refractivity contribution in [2.75, 3.05) is 13.1 Å². The summed E-state index contributed by atoms with van der Waals surface area (Å²) in [5.41, 5.74) is 0.886. The van der Waals surface area contributed by atoms with Crippen molar-refractivity contribution in [2.45, 2.75) is 66.1 Å². The van der Waals surface area contributed by atoms with E-state index in [4.69, 9.17) is 4.98 Å². The van der Waals surface area contributed by atoms with Crippen molar-refractivity contribution in [3.05, 3.63) is 26.6 Å². The summed E-state index contributed by atoms with van der Waals surface area (Å²) in [7, 11) is 0. The molecular formula is C19H28N4O2S. The van der Waals surface area contributed by atoms with Gasteiger partial charge in [0.05, 0.1) is 11.9 Å². The van der Waals surface area contributed by atoms with Crippen LogP contribution in [0.3, 0.4) is 0 Å². The number of thiophene rings is 1. The number of hydrogen-bond acceptors (Lipinski definition) is 5. The van der Waals surface area contributed by atoms with Crippen LogP contribution in [0.5, 0.6) is 0 Å². The zero-order valence-corrected chi connectivity index (χ0v) is 16.9. The van der Waals surface area contributed by atoms with E-state index in [0.717, 1.165) is 34.8 Å². The smallest absolute Gasteiger partial charge is 0.263 e. The zero-order valence-electron chi connectivity index (χ0n) is 16.1. The van der Waals surface area contributed by atoms with Crippen molar-refractivity contribution < 1.29 is 4.79 Å². The van der Waals surface area contributed by atoms with E-state index in [0.29, 0.717) is 17.8 Å². The maximum absolute atomic E-state index is 13.2. The number of likely N-dealkylation sites (tertiary alicyclic amines) is 1. The number of hydrogen-bond donors (Lipinski definition) is 1. The Labute approximate surface area is 158 Å². The van der Waals surface area contributed by atoms with Crippen LogP contribution in [0.1, 0.15) is 49.4 Å². The third kappa shape index (κ3) is 3.83. The van der Waals surface area contributed by atoms with Gasteiger partial charge in [-0.05, 0) is 58.7 Å². The molecule has 1 N–H and O–H groups in total. The lowest BCUT2D eigenvalue weighted by Gasteiger charge is -2.19. The highest BCUT2D eigenvalue weighted by atomic mass is 32.1. The number of amides is 1. The van der Waals surface area contributed by atoms with E-state index in [1.54, 1.807) is 15.9 Å². The second-order valence-electron chi connectivity index (χ2n) is 7.24. The van der Waals surface area contributed by atoms with Crippen molar-refractivity contribution in [1.82, 2.24) is 19.8 Å². The van der Waals surface area contributed by atoms with E-state index in [9.17, 15) is 9.59 Å². The van der Waals surface area contributed by atoms with Gasteiger partial charge in [0.15, 0.2) is 0 Å². The summed E-state index contributed by atoms with van der Waals surface area (Å²) in [5.74, 6) is 0.569. The van der Waals surface area contributed by atoms with E-state index in [2.05, 4.69) is 10.2 Å². The van der Waals surface area contributed by atoms with E-state index in [-0.39, 0.29) is 24.1 Å². The molecule has 7 heteroatoms. The van der Waals surface area contributed by atoms with Gasteiger partial charge in [-0.25, -0.2) is 4.98 Å². The molecule has 26 heavy (non-hydrogen) atoms. The van der Waals surface area contributed by atoms with Gasteiger partial charge in [0.2, 0.25) is 5.91 Å². The molecule has 1 aliphatic heterocycles. The Kier molecular flexibility index (Phi) is 5.77. The molecule has 1 fully saturated rings. The first kappa shape index (κ1) is 19.0. The first-order valence-electron chi connectivity index (χ1n) is 9.41. The van der Waals surface area contributed by atoms with E-state index >= 15 is 0 Å². The molecule has 3 rings (SSSR count). The number of carbonyl (C=O) groups is 1. The van der Waals surface area contributed by atoms with Gasteiger partial charge in [-0.1, -0.05) is 6.92 Å². The highest BCUT2D eigenvalue weighted by Crippen LogP contribution is 2.26. The molecule has 2 aromatic rings. The SMILES string of the molecule is CCC(C)NC(=O)Cn1c(CN2CCCC2)nc2sc(C)c(C)c2c1=O. The van der Waals surface area contributed by atoms with Crippen LogP contribution >= 0.6 is 11.3 Å². The molecular weight excluding hydrogens is 348 g/mol. The van der Waals surface area contributed by atoms with Crippen molar-refractivity contribution in [3.8, 4) is 0 Å². The van der Waals surface area contributed by atoms with Gasteiger partial charge in [0, 0.05) is 10.9 Å². The van der Waals surface area contributed by atoms with Crippen LogP contribution in [0.2, 0.25) is 0 Å². The van der Waals surface area contributed by atoms with Crippen molar-refractivity contribution in [2.24, 2.45) is 0 Å². The number of rotatable bonds is 6. The highest BCUT2D eigenvalue weighted by molar-refractivity contribution is 7.18. The Bertz CT molecular complexity index is 865. The summed E-state index contributed by atoms with van der Waals surface area (Å²) in [4.78, 5) is 34.6. The topological polar surface area (TPSA) is 67.2 Å². The third-order valence-electron chi connectivity index (χ3n) is 5.25. The van der Waals surface area contributed by atoms with Crippen LogP contribution in [-0.4, -0.2) is 39.5 Å². The van der Waals surface area contributed by atoms with Crippen LogP contribution in [0.15, 0.2) is 4.79 Å². The Hall–Kier alpha value is -1.73. The van der Waals surface area contributed by atoms with Gasteiger partial charge < -0.3 is 5.32 Å². The zero-order chi connectivity index (χ0) is 18.8.